The van der Waals surface area contributed by atoms with E-state index in [9.17, 15) is 0 Å². The molecule has 0 atom stereocenters. The van der Waals surface area contributed by atoms with Gasteiger partial charge in [0.05, 0.1) is 5.69 Å². The molecule has 0 saturated heterocycles. The number of aryl methyl sites for hydroxylation is 2. The number of H-pyrrole nitrogens is 1. The predicted molar refractivity (Wildman–Crippen MR) is 39.7 cm³/mol. The molecule has 0 aliphatic heterocycles. The summed E-state index contributed by atoms with van der Waals surface area (Å²) in [5.41, 5.74) is 8.64. The van der Waals surface area contributed by atoms with Crippen LogP contribution in [0.1, 0.15) is 11.3 Å². The molecule has 52 valence electrons. The van der Waals surface area contributed by atoms with Crippen LogP contribution in [-0.4, -0.2) is 4.98 Å². The molecule has 0 radical (unpaired) electrons. The molecule has 3 nitrogen and oxygen atoms in total. The first-order valence-electron chi connectivity index (χ1n) is 2.62. The number of aromatic nitrogens is 1. The van der Waals surface area contributed by atoms with Crippen LogP contribution in [-0.2, 0) is 0 Å². The second-order valence-electron chi connectivity index (χ2n) is 2.01. The Morgan fingerprint density at radius 3 is 2.11 bits per heavy atom. The van der Waals surface area contributed by atoms with Gasteiger partial charge in [0, 0.05) is 11.9 Å². The molecule has 0 amide bonds. The third kappa shape index (κ3) is 1.23. The van der Waals surface area contributed by atoms with Crippen molar-refractivity contribution in [2.45, 2.75) is 13.8 Å². The van der Waals surface area contributed by atoms with Crippen molar-refractivity contribution in [2.24, 2.45) is 0 Å². The average Bonchev–Trinajstić information content (AvgIpc) is 1.98. The van der Waals surface area contributed by atoms with Crippen LogP contribution in [0, 0.1) is 13.8 Å². The zero-order chi connectivity index (χ0) is 6.15. The number of nitrogens with one attached hydrogen (secondary N) is 1. The minimum Gasteiger partial charge on any atom is -0.397 e. The number of anilines is 1. The van der Waals surface area contributed by atoms with Crippen LogP contribution in [0.25, 0.3) is 0 Å². The van der Waals surface area contributed by atoms with Crippen LogP contribution in [0.5, 0.6) is 0 Å². The lowest BCUT2D eigenvalue weighted by atomic mass is 10.3. The van der Waals surface area contributed by atoms with Crippen molar-refractivity contribution in [3.05, 3.63) is 17.5 Å². The third-order valence-corrected chi connectivity index (χ3v) is 1.33. The molecule has 0 fully saturated rings. The Kier molecular flexibility index (Phi) is 2.28. The van der Waals surface area contributed by atoms with Gasteiger partial charge in [-0.25, -0.2) is 0 Å². The van der Waals surface area contributed by atoms with Crippen molar-refractivity contribution in [1.82, 2.24) is 11.1 Å². The first kappa shape index (κ1) is 8.04. The van der Waals surface area contributed by atoms with Crippen LogP contribution in [0.2, 0.25) is 0 Å². The third-order valence-electron chi connectivity index (χ3n) is 1.33. The van der Waals surface area contributed by atoms with E-state index in [1.54, 1.807) is 0 Å². The van der Waals surface area contributed by atoms with Crippen molar-refractivity contribution in [3.63, 3.8) is 0 Å². The van der Waals surface area contributed by atoms with Crippen LogP contribution >= 0.6 is 0 Å². The monoisotopic (exact) mass is 127 g/mol. The van der Waals surface area contributed by atoms with E-state index in [0.29, 0.717) is 0 Å². The van der Waals surface area contributed by atoms with E-state index in [0.717, 1.165) is 16.9 Å². The Morgan fingerprint density at radius 1 is 1.44 bits per heavy atom. The Morgan fingerprint density at radius 2 is 2.00 bits per heavy atom. The van der Waals surface area contributed by atoms with Gasteiger partial charge in [0.15, 0.2) is 0 Å². The van der Waals surface area contributed by atoms with Gasteiger partial charge in [-0.3, -0.25) is 0 Å². The van der Waals surface area contributed by atoms with Crippen molar-refractivity contribution in [1.29, 1.82) is 0 Å². The van der Waals surface area contributed by atoms with E-state index < -0.39 is 0 Å². The zero-order valence-corrected chi connectivity index (χ0v) is 5.86. The molecule has 3 heteroatoms. The minimum absolute atomic E-state index is 0. The highest BCUT2D eigenvalue weighted by Crippen LogP contribution is 2.12. The molecule has 1 rings (SSSR count). The maximum absolute atomic E-state index is 5.57. The molecule has 0 spiro atoms. The van der Waals surface area contributed by atoms with E-state index in [1.165, 1.54) is 0 Å². The van der Waals surface area contributed by atoms with Crippen molar-refractivity contribution >= 4 is 5.69 Å². The maximum atomic E-state index is 5.57. The summed E-state index contributed by atoms with van der Waals surface area (Å²) in [6.07, 6.45) is 1.91. The van der Waals surface area contributed by atoms with Crippen LogP contribution in [0.4, 0.5) is 5.69 Å². The molecule has 1 aromatic rings. The van der Waals surface area contributed by atoms with Gasteiger partial charge < -0.3 is 16.9 Å². The lowest BCUT2D eigenvalue weighted by Crippen LogP contribution is -1.85. The molecule has 1 heterocycles. The number of hydrogen-bond donors (Lipinski definition) is 3. The van der Waals surface area contributed by atoms with Gasteiger partial charge in [-0.1, -0.05) is 0 Å². The second-order valence-corrected chi connectivity index (χ2v) is 2.01. The van der Waals surface area contributed by atoms with E-state index in [2.05, 4.69) is 4.98 Å². The lowest BCUT2D eigenvalue weighted by Gasteiger charge is -1.87. The average molecular weight is 127 g/mol. The molecule has 1 aromatic heterocycles. The fourth-order valence-electron chi connectivity index (χ4n) is 0.668. The summed E-state index contributed by atoms with van der Waals surface area (Å²) in [5, 5.41) is 0. The highest BCUT2D eigenvalue weighted by molar-refractivity contribution is 5.49. The SMILES string of the molecule is Cc1c[nH]c(C)c1N.N. The smallest absolute Gasteiger partial charge is 0.0551 e. The first-order chi connectivity index (χ1) is 3.72. The summed E-state index contributed by atoms with van der Waals surface area (Å²) >= 11 is 0. The second kappa shape index (κ2) is 2.55. The summed E-state index contributed by atoms with van der Waals surface area (Å²) in [4.78, 5) is 3.01. The molecule has 0 aliphatic rings. The summed E-state index contributed by atoms with van der Waals surface area (Å²) < 4.78 is 0. The van der Waals surface area contributed by atoms with Crippen LogP contribution in [0.15, 0.2) is 6.20 Å². The van der Waals surface area contributed by atoms with Gasteiger partial charge in [0.25, 0.3) is 0 Å². The molecule has 0 aliphatic carbocycles. The Bertz CT molecular complexity index is 171. The van der Waals surface area contributed by atoms with E-state index in [4.69, 9.17) is 5.73 Å². The first-order valence-corrected chi connectivity index (χ1v) is 2.62. The van der Waals surface area contributed by atoms with Crippen molar-refractivity contribution in [2.75, 3.05) is 5.73 Å². The largest absolute Gasteiger partial charge is 0.397 e. The molecule has 9 heavy (non-hydrogen) atoms. The summed E-state index contributed by atoms with van der Waals surface area (Å²) in [6, 6.07) is 0. The molecule has 0 aromatic carbocycles. The minimum atomic E-state index is 0. The van der Waals surface area contributed by atoms with Gasteiger partial charge in [-0.2, -0.15) is 0 Å². The number of nitrogen functional groups attached to an aromatic ring is 1. The van der Waals surface area contributed by atoms with Gasteiger partial charge >= 0.3 is 0 Å². The van der Waals surface area contributed by atoms with Gasteiger partial charge in [-0.15, -0.1) is 0 Å². The fraction of sp³-hybridized carbons (Fsp3) is 0.333. The number of rotatable bonds is 0. The summed E-state index contributed by atoms with van der Waals surface area (Å²) in [5.74, 6) is 0. The van der Waals surface area contributed by atoms with E-state index in [-0.39, 0.29) is 6.15 Å². The Balaban J connectivity index is 0.000000640. The highest BCUT2D eigenvalue weighted by Gasteiger charge is 1.95. The van der Waals surface area contributed by atoms with E-state index in [1.807, 2.05) is 20.0 Å². The molecule has 0 unspecified atom stereocenters. The quantitative estimate of drug-likeness (QED) is 0.492. The zero-order valence-electron chi connectivity index (χ0n) is 5.86. The van der Waals surface area contributed by atoms with Gasteiger partial charge in [0.1, 0.15) is 0 Å². The van der Waals surface area contributed by atoms with Crippen molar-refractivity contribution < 1.29 is 0 Å². The normalized spacial score (nSPS) is 8.67. The van der Waals surface area contributed by atoms with Crippen molar-refractivity contribution in [3.8, 4) is 0 Å². The van der Waals surface area contributed by atoms with E-state index >= 15 is 0 Å². The predicted octanol–water partition coefficient (Wildman–Crippen LogP) is 1.38. The Labute approximate surface area is 54.8 Å². The van der Waals surface area contributed by atoms with Crippen LogP contribution < -0.4 is 11.9 Å². The molecule has 0 saturated carbocycles. The fourth-order valence-corrected chi connectivity index (χ4v) is 0.668. The number of aromatic amines is 1. The van der Waals surface area contributed by atoms with Gasteiger partial charge in [0.2, 0.25) is 0 Å². The molecular formula is C6H13N3. The molecular weight excluding hydrogens is 114 g/mol. The number of hydrogen-bond acceptors (Lipinski definition) is 2. The molecule has 0 bridgehead atoms. The number of nitrogens with two attached hydrogens (primary N) is 1. The Hall–Kier alpha value is -0.960. The molecule has 6 N–H and O–H groups in total. The standard InChI is InChI=1S/C6H10N2.H3N/c1-4-3-8-5(2)6(4)7;/h3,8H,7H2,1-2H3;1H3. The lowest BCUT2D eigenvalue weighted by molar-refractivity contribution is 1.27. The summed E-state index contributed by atoms with van der Waals surface area (Å²) in [7, 11) is 0. The summed E-state index contributed by atoms with van der Waals surface area (Å²) in [6.45, 7) is 3.95. The van der Waals surface area contributed by atoms with Gasteiger partial charge in [-0.05, 0) is 19.4 Å². The van der Waals surface area contributed by atoms with Crippen LogP contribution in [0.3, 0.4) is 0 Å². The highest BCUT2D eigenvalue weighted by atomic mass is 14.7. The topological polar surface area (TPSA) is 76.8 Å². The maximum Gasteiger partial charge on any atom is 0.0551 e.